The number of aromatic nitrogens is 2. The molecule has 22 heavy (non-hydrogen) atoms. The van der Waals surface area contributed by atoms with Gasteiger partial charge in [0.05, 0.1) is 6.54 Å². The molecule has 122 valence electrons. The van der Waals surface area contributed by atoms with E-state index in [0.717, 1.165) is 12.8 Å². The van der Waals surface area contributed by atoms with E-state index in [1.54, 1.807) is 6.08 Å². The molecule has 1 aromatic heterocycles. The first kappa shape index (κ1) is 16.4. The summed E-state index contributed by atoms with van der Waals surface area (Å²) in [5, 5.41) is 8.84. The molecule has 0 fully saturated rings. The number of halogens is 3. The molecule has 0 aliphatic heterocycles. The molecule has 0 atom stereocenters. The Labute approximate surface area is 126 Å². The molecular formula is C14H19F3N4O. The molecular weight excluding hydrogens is 297 g/mol. The predicted molar refractivity (Wildman–Crippen MR) is 75.5 cm³/mol. The molecule has 2 N–H and O–H groups in total. The summed E-state index contributed by atoms with van der Waals surface area (Å²) in [6, 6.07) is -0.378. The first-order valence-corrected chi connectivity index (χ1v) is 7.22. The van der Waals surface area contributed by atoms with Gasteiger partial charge in [-0.25, -0.2) is 4.79 Å². The van der Waals surface area contributed by atoms with E-state index in [0.29, 0.717) is 30.6 Å². The third-order valence-electron chi connectivity index (χ3n) is 3.54. The van der Waals surface area contributed by atoms with Crippen molar-refractivity contribution in [1.29, 1.82) is 0 Å². The summed E-state index contributed by atoms with van der Waals surface area (Å²) in [7, 11) is 0. The number of nitrogens with one attached hydrogen (secondary N) is 2. The molecule has 0 spiro atoms. The largest absolute Gasteiger partial charge is 0.435 e. The third-order valence-corrected chi connectivity index (χ3v) is 3.54. The monoisotopic (exact) mass is 316 g/mol. The molecule has 2 rings (SSSR count). The van der Waals surface area contributed by atoms with Crippen LogP contribution in [-0.4, -0.2) is 28.9 Å². The van der Waals surface area contributed by atoms with Crippen LogP contribution in [0, 0.1) is 0 Å². The van der Waals surface area contributed by atoms with E-state index in [2.05, 4.69) is 22.3 Å². The highest BCUT2D eigenvalue weighted by atomic mass is 19.4. The second-order valence-electron chi connectivity index (χ2n) is 5.13. The minimum Gasteiger partial charge on any atom is -0.336 e. The standard InChI is InChI=1S/C14H19F3N4O/c1-2-7-18-13(22)19-8-9-21-11-6-4-3-5-10(11)12(20-21)14(15,16)17/h2H,1,3-9H2,(H2,18,19,22). The molecule has 1 heterocycles. The van der Waals surface area contributed by atoms with E-state index in [1.165, 1.54) is 4.68 Å². The van der Waals surface area contributed by atoms with Crippen molar-refractivity contribution in [1.82, 2.24) is 20.4 Å². The van der Waals surface area contributed by atoms with Crippen molar-refractivity contribution in [2.45, 2.75) is 38.4 Å². The van der Waals surface area contributed by atoms with Crippen LogP contribution in [0.25, 0.3) is 0 Å². The number of rotatable bonds is 5. The molecule has 1 aliphatic carbocycles. The van der Waals surface area contributed by atoms with Crippen LogP contribution in [0.3, 0.4) is 0 Å². The Balaban J connectivity index is 2.03. The number of alkyl halides is 3. The molecule has 1 aromatic rings. The van der Waals surface area contributed by atoms with Gasteiger partial charge in [-0.1, -0.05) is 6.08 Å². The Bertz CT molecular complexity index is 551. The highest BCUT2D eigenvalue weighted by Crippen LogP contribution is 2.35. The fourth-order valence-electron chi connectivity index (χ4n) is 2.59. The molecule has 5 nitrogen and oxygen atoms in total. The zero-order valence-electron chi connectivity index (χ0n) is 12.2. The van der Waals surface area contributed by atoms with E-state index >= 15 is 0 Å². The summed E-state index contributed by atoms with van der Waals surface area (Å²) in [5.41, 5.74) is 0.181. The van der Waals surface area contributed by atoms with Gasteiger partial charge in [-0.3, -0.25) is 4.68 Å². The summed E-state index contributed by atoms with van der Waals surface area (Å²) in [6.45, 7) is 4.24. The van der Waals surface area contributed by atoms with Crippen LogP contribution in [-0.2, 0) is 25.6 Å². The minimum absolute atomic E-state index is 0.217. The first-order valence-electron chi connectivity index (χ1n) is 7.22. The minimum atomic E-state index is -4.43. The van der Waals surface area contributed by atoms with Crippen LogP contribution in [0.1, 0.15) is 29.8 Å². The Hall–Kier alpha value is -1.99. The van der Waals surface area contributed by atoms with E-state index in [4.69, 9.17) is 0 Å². The molecule has 0 saturated heterocycles. The van der Waals surface area contributed by atoms with Crippen LogP contribution >= 0.6 is 0 Å². The first-order chi connectivity index (χ1) is 10.4. The van der Waals surface area contributed by atoms with Crippen molar-refractivity contribution in [3.63, 3.8) is 0 Å². The average Bonchev–Trinajstić information content (AvgIpc) is 2.84. The highest BCUT2D eigenvalue weighted by molar-refractivity contribution is 5.73. The molecule has 1 aliphatic rings. The molecule has 8 heteroatoms. The lowest BCUT2D eigenvalue weighted by Gasteiger charge is -2.15. The fourth-order valence-corrected chi connectivity index (χ4v) is 2.59. The molecule has 0 radical (unpaired) electrons. The van der Waals surface area contributed by atoms with Crippen molar-refractivity contribution in [3.05, 3.63) is 29.6 Å². The zero-order valence-corrected chi connectivity index (χ0v) is 12.2. The number of fused-ring (bicyclic) bond motifs is 1. The zero-order chi connectivity index (χ0) is 16.2. The van der Waals surface area contributed by atoms with Gasteiger partial charge in [0.25, 0.3) is 0 Å². The average molecular weight is 316 g/mol. The maximum atomic E-state index is 13.0. The number of nitrogens with zero attached hydrogens (tertiary/aromatic N) is 2. The van der Waals surface area contributed by atoms with Gasteiger partial charge in [0.15, 0.2) is 5.69 Å². The molecule has 0 unspecified atom stereocenters. The molecule has 0 bridgehead atoms. The Morgan fingerprint density at radius 2 is 2.05 bits per heavy atom. The van der Waals surface area contributed by atoms with Crippen molar-refractivity contribution in [3.8, 4) is 0 Å². The number of hydrogen-bond acceptors (Lipinski definition) is 2. The second-order valence-corrected chi connectivity index (χ2v) is 5.13. The Kier molecular flexibility index (Phi) is 5.10. The van der Waals surface area contributed by atoms with E-state index in [9.17, 15) is 18.0 Å². The SMILES string of the molecule is C=CCNC(=O)NCCn1nc(C(F)(F)F)c2c1CCCC2. The number of amides is 2. The van der Waals surface area contributed by atoms with Crippen LogP contribution < -0.4 is 10.6 Å². The summed E-state index contributed by atoms with van der Waals surface area (Å²) in [5.74, 6) is 0. The smallest absolute Gasteiger partial charge is 0.336 e. The summed E-state index contributed by atoms with van der Waals surface area (Å²) >= 11 is 0. The Morgan fingerprint density at radius 3 is 2.73 bits per heavy atom. The third kappa shape index (κ3) is 3.80. The maximum Gasteiger partial charge on any atom is 0.435 e. The number of hydrogen-bond donors (Lipinski definition) is 2. The summed E-state index contributed by atoms with van der Waals surface area (Å²) in [4.78, 5) is 11.4. The van der Waals surface area contributed by atoms with Crippen molar-refractivity contribution in [2.75, 3.05) is 13.1 Å². The lowest BCUT2D eigenvalue weighted by Crippen LogP contribution is -2.37. The molecule has 0 saturated carbocycles. The Morgan fingerprint density at radius 1 is 1.32 bits per heavy atom. The summed E-state index contributed by atoms with van der Waals surface area (Å²) < 4.78 is 40.4. The fraction of sp³-hybridized carbons (Fsp3) is 0.571. The maximum absolute atomic E-state index is 13.0. The van der Waals surface area contributed by atoms with E-state index in [1.807, 2.05) is 0 Å². The quantitative estimate of drug-likeness (QED) is 0.819. The highest BCUT2D eigenvalue weighted by Gasteiger charge is 2.39. The van der Waals surface area contributed by atoms with Crippen molar-refractivity contribution in [2.24, 2.45) is 0 Å². The van der Waals surface area contributed by atoms with Crippen LogP contribution in [0.15, 0.2) is 12.7 Å². The van der Waals surface area contributed by atoms with Gasteiger partial charge in [0.2, 0.25) is 0 Å². The van der Waals surface area contributed by atoms with Gasteiger partial charge in [-0.2, -0.15) is 18.3 Å². The van der Waals surface area contributed by atoms with E-state index < -0.39 is 11.9 Å². The van der Waals surface area contributed by atoms with Crippen LogP contribution in [0.2, 0.25) is 0 Å². The van der Waals surface area contributed by atoms with Gasteiger partial charge < -0.3 is 10.6 Å². The number of carbonyl (C=O) groups excluding carboxylic acids is 1. The lowest BCUT2D eigenvalue weighted by molar-refractivity contribution is -0.142. The lowest BCUT2D eigenvalue weighted by atomic mass is 9.95. The van der Waals surface area contributed by atoms with Crippen molar-refractivity contribution < 1.29 is 18.0 Å². The van der Waals surface area contributed by atoms with Gasteiger partial charge in [0.1, 0.15) is 0 Å². The van der Waals surface area contributed by atoms with E-state index in [-0.39, 0.29) is 19.1 Å². The molecule has 2 amide bonds. The van der Waals surface area contributed by atoms with Gasteiger partial charge >= 0.3 is 12.2 Å². The van der Waals surface area contributed by atoms with Crippen LogP contribution in [0.4, 0.5) is 18.0 Å². The van der Waals surface area contributed by atoms with Crippen LogP contribution in [0.5, 0.6) is 0 Å². The second kappa shape index (κ2) is 6.85. The number of carbonyl (C=O) groups is 1. The topological polar surface area (TPSA) is 59.0 Å². The predicted octanol–water partition coefficient (Wildman–Crippen LogP) is 2.27. The summed E-state index contributed by atoms with van der Waals surface area (Å²) in [6.07, 6.45) is -0.258. The van der Waals surface area contributed by atoms with Gasteiger partial charge in [-0.15, -0.1) is 6.58 Å². The van der Waals surface area contributed by atoms with Crippen molar-refractivity contribution >= 4 is 6.03 Å². The molecule has 0 aromatic carbocycles. The normalized spacial score (nSPS) is 14.3. The number of urea groups is 1. The van der Waals surface area contributed by atoms with Gasteiger partial charge in [-0.05, 0) is 25.7 Å². The van der Waals surface area contributed by atoms with Gasteiger partial charge in [0, 0.05) is 24.3 Å².